The van der Waals surface area contributed by atoms with E-state index in [-0.39, 0.29) is 11.8 Å². The zero-order chi connectivity index (χ0) is 19.5. The summed E-state index contributed by atoms with van der Waals surface area (Å²) in [7, 11) is 0. The van der Waals surface area contributed by atoms with E-state index in [9.17, 15) is 9.59 Å². The summed E-state index contributed by atoms with van der Waals surface area (Å²) in [5.41, 5.74) is 3.05. The lowest BCUT2D eigenvalue weighted by atomic mass is 9.85. The van der Waals surface area contributed by atoms with Crippen LogP contribution < -0.4 is 15.5 Å². The normalized spacial score (nSPS) is 18.0. The Labute approximate surface area is 164 Å². The maximum Gasteiger partial charge on any atom is 0.261 e. The second-order valence-corrected chi connectivity index (χ2v) is 7.61. The first-order valence-electron chi connectivity index (χ1n) is 10.0. The number of nitrogens with one attached hydrogen (secondary N) is 2. The molecule has 1 aliphatic carbocycles. The van der Waals surface area contributed by atoms with Crippen LogP contribution in [0, 0.1) is 6.92 Å². The Morgan fingerprint density at radius 2 is 1.96 bits per heavy atom. The molecular weight excluding hydrogens is 356 g/mol. The molecule has 1 saturated heterocycles. The van der Waals surface area contributed by atoms with Crippen molar-refractivity contribution >= 4 is 23.2 Å². The topological polar surface area (TPSA) is 87.5 Å². The first kappa shape index (κ1) is 18.5. The number of carbonyl (C=O) groups is 2. The van der Waals surface area contributed by atoms with Gasteiger partial charge < -0.3 is 20.1 Å². The zero-order valence-electron chi connectivity index (χ0n) is 16.2. The quantitative estimate of drug-likeness (QED) is 0.848. The van der Waals surface area contributed by atoms with E-state index in [4.69, 9.17) is 4.52 Å². The van der Waals surface area contributed by atoms with Gasteiger partial charge in [-0.25, -0.2) is 0 Å². The standard InChI is InChI=1S/C21H26N4O3/c1-14-19(20(24-28-14)15-5-3-2-4-6-15)21(27)23-16-7-9-17(10-8-16)25-12-11-22-18(26)13-25/h7-10,15H,2-6,11-13H2,1H3,(H,22,26)(H,23,27). The van der Waals surface area contributed by atoms with Crippen LogP contribution in [-0.2, 0) is 4.79 Å². The minimum atomic E-state index is -0.176. The van der Waals surface area contributed by atoms with E-state index < -0.39 is 0 Å². The van der Waals surface area contributed by atoms with Gasteiger partial charge >= 0.3 is 0 Å². The average Bonchev–Trinajstić information content (AvgIpc) is 3.11. The van der Waals surface area contributed by atoms with E-state index in [2.05, 4.69) is 15.8 Å². The lowest BCUT2D eigenvalue weighted by Crippen LogP contribution is -2.47. The number of hydrogen-bond acceptors (Lipinski definition) is 5. The van der Waals surface area contributed by atoms with Crippen LogP contribution in [0.1, 0.15) is 59.8 Å². The molecule has 4 rings (SSSR count). The van der Waals surface area contributed by atoms with Crippen molar-refractivity contribution in [3.05, 3.63) is 41.3 Å². The minimum absolute atomic E-state index is 0.0294. The summed E-state index contributed by atoms with van der Waals surface area (Å²) in [4.78, 5) is 26.5. The zero-order valence-corrected chi connectivity index (χ0v) is 16.2. The monoisotopic (exact) mass is 382 g/mol. The Morgan fingerprint density at radius 1 is 1.21 bits per heavy atom. The molecule has 2 fully saturated rings. The Balaban J connectivity index is 1.47. The van der Waals surface area contributed by atoms with Crippen molar-refractivity contribution < 1.29 is 14.1 Å². The van der Waals surface area contributed by atoms with Crippen LogP contribution in [0.15, 0.2) is 28.8 Å². The average molecular weight is 382 g/mol. The molecule has 7 heteroatoms. The van der Waals surface area contributed by atoms with E-state index in [1.807, 2.05) is 29.2 Å². The SMILES string of the molecule is Cc1onc(C2CCCCC2)c1C(=O)Nc1ccc(N2CCNC(=O)C2)cc1. The fraction of sp³-hybridized carbons (Fsp3) is 0.476. The van der Waals surface area contributed by atoms with Gasteiger partial charge in [0.15, 0.2) is 0 Å². The van der Waals surface area contributed by atoms with Gasteiger partial charge in [0.1, 0.15) is 11.3 Å². The van der Waals surface area contributed by atoms with Gasteiger partial charge in [0, 0.05) is 30.4 Å². The Kier molecular flexibility index (Phi) is 5.32. The summed E-state index contributed by atoms with van der Waals surface area (Å²) in [6.07, 6.45) is 5.72. The van der Waals surface area contributed by atoms with Gasteiger partial charge in [-0.15, -0.1) is 0 Å². The van der Waals surface area contributed by atoms with E-state index in [1.165, 1.54) is 19.3 Å². The summed E-state index contributed by atoms with van der Waals surface area (Å²) in [5.74, 6) is 0.722. The summed E-state index contributed by atoms with van der Waals surface area (Å²) in [6.45, 7) is 3.57. The van der Waals surface area contributed by atoms with Gasteiger partial charge in [0.05, 0.1) is 12.2 Å². The maximum absolute atomic E-state index is 12.9. The predicted octanol–water partition coefficient (Wildman–Crippen LogP) is 3.22. The molecule has 148 valence electrons. The molecule has 1 aliphatic heterocycles. The van der Waals surface area contributed by atoms with Crippen LogP contribution in [-0.4, -0.2) is 36.6 Å². The number of piperazine rings is 1. The Bertz CT molecular complexity index is 853. The molecular formula is C21H26N4O3. The number of amides is 2. The molecule has 1 aromatic carbocycles. The Morgan fingerprint density at radius 3 is 2.68 bits per heavy atom. The smallest absolute Gasteiger partial charge is 0.261 e. The molecule has 2 aliphatic rings. The van der Waals surface area contributed by atoms with Crippen molar-refractivity contribution in [2.45, 2.75) is 44.9 Å². The molecule has 0 atom stereocenters. The van der Waals surface area contributed by atoms with Crippen LogP contribution in [0.4, 0.5) is 11.4 Å². The number of benzene rings is 1. The molecule has 7 nitrogen and oxygen atoms in total. The first-order valence-corrected chi connectivity index (χ1v) is 10.0. The van der Waals surface area contributed by atoms with Crippen molar-refractivity contribution in [1.29, 1.82) is 0 Å². The number of carbonyl (C=O) groups excluding carboxylic acids is 2. The van der Waals surface area contributed by atoms with E-state index in [1.54, 1.807) is 6.92 Å². The second-order valence-electron chi connectivity index (χ2n) is 7.61. The minimum Gasteiger partial charge on any atom is -0.361 e. The van der Waals surface area contributed by atoms with Crippen LogP contribution in [0.5, 0.6) is 0 Å². The highest BCUT2D eigenvalue weighted by Crippen LogP contribution is 2.35. The summed E-state index contributed by atoms with van der Waals surface area (Å²) >= 11 is 0. The summed E-state index contributed by atoms with van der Waals surface area (Å²) < 4.78 is 5.36. The fourth-order valence-electron chi connectivity index (χ4n) is 4.13. The molecule has 0 unspecified atom stereocenters. The molecule has 1 saturated carbocycles. The van der Waals surface area contributed by atoms with Crippen molar-refractivity contribution in [3.63, 3.8) is 0 Å². The third-order valence-corrected chi connectivity index (χ3v) is 5.64. The first-order chi connectivity index (χ1) is 13.6. The lowest BCUT2D eigenvalue weighted by molar-refractivity contribution is -0.120. The second kappa shape index (κ2) is 8.04. The van der Waals surface area contributed by atoms with Gasteiger partial charge in [-0.3, -0.25) is 9.59 Å². The number of hydrogen-bond donors (Lipinski definition) is 2. The highest BCUT2D eigenvalue weighted by Gasteiger charge is 2.28. The van der Waals surface area contributed by atoms with E-state index in [0.29, 0.717) is 36.0 Å². The lowest BCUT2D eigenvalue weighted by Gasteiger charge is -2.28. The van der Waals surface area contributed by atoms with Gasteiger partial charge in [-0.1, -0.05) is 24.4 Å². The molecule has 2 heterocycles. The molecule has 0 radical (unpaired) electrons. The highest BCUT2D eigenvalue weighted by atomic mass is 16.5. The number of anilines is 2. The molecule has 0 bridgehead atoms. The van der Waals surface area contributed by atoms with Crippen LogP contribution in [0.3, 0.4) is 0 Å². The predicted molar refractivity (Wildman–Crippen MR) is 107 cm³/mol. The largest absolute Gasteiger partial charge is 0.361 e. The summed E-state index contributed by atoms with van der Waals surface area (Å²) in [6, 6.07) is 7.58. The highest BCUT2D eigenvalue weighted by molar-refractivity contribution is 6.05. The van der Waals surface area contributed by atoms with Crippen molar-refractivity contribution in [2.75, 3.05) is 29.9 Å². The third-order valence-electron chi connectivity index (χ3n) is 5.64. The molecule has 0 spiro atoms. The van der Waals surface area contributed by atoms with Crippen molar-refractivity contribution in [2.24, 2.45) is 0 Å². The number of rotatable bonds is 4. The van der Waals surface area contributed by atoms with Crippen LogP contribution >= 0.6 is 0 Å². The number of aryl methyl sites for hydroxylation is 1. The van der Waals surface area contributed by atoms with E-state index >= 15 is 0 Å². The van der Waals surface area contributed by atoms with Gasteiger partial charge in [-0.2, -0.15) is 0 Å². The third kappa shape index (κ3) is 3.88. The van der Waals surface area contributed by atoms with Crippen LogP contribution in [0.25, 0.3) is 0 Å². The van der Waals surface area contributed by atoms with Gasteiger partial charge in [-0.05, 0) is 44.0 Å². The Hall–Kier alpha value is -2.83. The van der Waals surface area contributed by atoms with Crippen molar-refractivity contribution in [3.8, 4) is 0 Å². The van der Waals surface area contributed by atoms with Gasteiger partial charge in [0.2, 0.25) is 5.91 Å². The maximum atomic E-state index is 12.9. The van der Waals surface area contributed by atoms with Crippen LogP contribution in [0.2, 0.25) is 0 Å². The molecule has 28 heavy (non-hydrogen) atoms. The fourth-order valence-corrected chi connectivity index (χ4v) is 4.13. The summed E-state index contributed by atoms with van der Waals surface area (Å²) in [5, 5.41) is 9.99. The number of nitrogens with zero attached hydrogens (tertiary/aromatic N) is 2. The molecule has 1 aromatic heterocycles. The molecule has 2 aromatic rings. The number of aromatic nitrogens is 1. The molecule has 2 N–H and O–H groups in total. The van der Waals surface area contributed by atoms with E-state index in [0.717, 1.165) is 30.8 Å². The van der Waals surface area contributed by atoms with Gasteiger partial charge in [0.25, 0.3) is 5.91 Å². The van der Waals surface area contributed by atoms with Crippen molar-refractivity contribution in [1.82, 2.24) is 10.5 Å². The molecule has 2 amide bonds.